The average molecular weight is 267 g/mol. The molecule has 5 heteroatoms. The van der Waals surface area contributed by atoms with Crippen LogP contribution in [0.15, 0.2) is 35.7 Å². The summed E-state index contributed by atoms with van der Waals surface area (Å²) in [6.45, 7) is -0.00615. The minimum Gasteiger partial charge on any atom is -0.352 e. The Morgan fingerprint density at radius 3 is 2.83 bits per heavy atom. The summed E-state index contributed by atoms with van der Waals surface area (Å²) in [7, 11) is 0. The van der Waals surface area contributed by atoms with E-state index in [9.17, 15) is 13.6 Å². The van der Waals surface area contributed by atoms with Gasteiger partial charge in [-0.1, -0.05) is 6.07 Å². The van der Waals surface area contributed by atoms with Gasteiger partial charge in [-0.25, -0.2) is 8.78 Å². The number of amides is 1. The molecule has 1 heterocycles. The smallest absolute Gasteiger partial charge is 0.225 e. The minimum absolute atomic E-state index is 0.00615. The van der Waals surface area contributed by atoms with E-state index in [2.05, 4.69) is 5.32 Å². The highest BCUT2D eigenvalue weighted by Gasteiger charge is 2.07. The van der Waals surface area contributed by atoms with Crippen molar-refractivity contribution < 1.29 is 13.6 Å². The zero-order valence-corrected chi connectivity index (χ0v) is 10.3. The van der Waals surface area contributed by atoms with Crippen molar-refractivity contribution >= 4 is 17.2 Å². The maximum atomic E-state index is 13.3. The number of nitrogens with one attached hydrogen (secondary N) is 1. The summed E-state index contributed by atoms with van der Waals surface area (Å²) in [6, 6.07) is 6.90. The fourth-order valence-electron chi connectivity index (χ4n) is 1.51. The lowest BCUT2D eigenvalue weighted by molar-refractivity contribution is -0.120. The van der Waals surface area contributed by atoms with E-state index in [-0.39, 0.29) is 24.4 Å². The summed E-state index contributed by atoms with van der Waals surface area (Å²) < 4.78 is 26.2. The molecule has 0 unspecified atom stereocenters. The standard InChI is InChI=1S/C13H11F2NOS/c14-10-3-4-12(15)9(6-10)8-16-13(17)7-11-2-1-5-18-11/h1-6H,7-8H2,(H,16,17). The summed E-state index contributed by atoms with van der Waals surface area (Å²) in [6.07, 6.45) is 0.259. The lowest BCUT2D eigenvalue weighted by Crippen LogP contribution is -2.24. The summed E-state index contributed by atoms with van der Waals surface area (Å²) in [4.78, 5) is 12.5. The molecule has 0 aliphatic carbocycles. The fourth-order valence-corrected chi connectivity index (χ4v) is 2.21. The predicted molar refractivity (Wildman–Crippen MR) is 66.2 cm³/mol. The van der Waals surface area contributed by atoms with Crippen molar-refractivity contribution in [3.63, 3.8) is 0 Å². The molecule has 2 rings (SSSR count). The van der Waals surface area contributed by atoms with Crippen LogP contribution >= 0.6 is 11.3 Å². The second-order valence-corrected chi connectivity index (χ2v) is 4.80. The molecule has 0 saturated heterocycles. The van der Waals surface area contributed by atoms with Gasteiger partial charge >= 0.3 is 0 Å². The Morgan fingerprint density at radius 2 is 2.11 bits per heavy atom. The van der Waals surface area contributed by atoms with Crippen LogP contribution in [0.1, 0.15) is 10.4 Å². The van der Waals surface area contributed by atoms with E-state index in [1.54, 1.807) is 0 Å². The maximum Gasteiger partial charge on any atom is 0.225 e. The Kier molecular flexibility index (Phi) is 4.04. The monoisotopic (exact) mass is 267 g/mol. The minimum atomic E-state index is -0.521. The first-order chi connectivity index (χ1) is 8.65. The maximum absolute atomic E-state index is 13.3. The fraction of sp³-hybridized carbons (Fsp3) is 0.154. The normalized spacial score (nSPS) is 10.3. The van der Waals surface area contributed by atoms with Crippen molar-refractivity contribution in [3.05, 3.63) is 57.8 Å². The molecule has 1 N–H and O–H groups in total. The Hall–Kier alpha value is -1.75. The molecule has 0 fully saturated rings. The molecule has 0 spiro atoms. The van der Waals surface area contributed by atoms with Crippen LogP contribution in [0.5, 0.6) is 0 Å². The molecule has 1 amide bonds. The quantitative estimate of drug-likeness (QED) is 0.906. The van der Waals surface area contributed by atoms with Crippen molar-refractivity contribution in [1.29, 1.82) is 0 Å². The summed E-state index contributed by atoms with van der Waals surface area (Å²) in [5, 5.41) is 4.45. The van der Waals surface area contributed by atoms with Gasteiger partial charge in [0.1, 0.15) is 11.6 Å². The molecule has 0 atom stereocenters. The van der Waals surface area contributed by atoms with Crippen LogP contribution in [-0.2, 0) is 17.8 Å². The van der Waals surface area contributed by atoms with Gasteiger partial charge in [-0.05, 0) is 29.6 Å². The highest BCUT2D eigenvalue weighted by molar-refractivity contribution is 7.10. The van der Waals surface area contributed by atoms with E-state index < -0.39 is 11.6 Å². The lowest BCUT2D eigenvalue weighted by atomic mass is 10.2. The molecule has 94 valence electrons. The summed E-state index contributed by atoms with van der Waals surface area (Å²) in [5.41, 5.74) is 0.148. The van der Waals surface area contributed by atoms with Crippen LogP contribution in [0.2, 0.25) is 0 Å². The topological polar surface area (TPSA) is 29.1 Å². The van der Waals surface area contributed by atoms with Crippen molar-refractivity contribution in [2.24, 2.45) is 0 Å². The first-order valence-corrected chi connectivity index (χ1v) is 6.26. The Balaban J connectivity index is 1.91. The largest absolute Gasteiger partial charge is 0.352 e. The van der Waals surface area contributed by atoms with E-state index in [1.165, 1.54) is 11.3 Å². The Labute approximate surface area is 107 Å². The molecule has 0 aliphatic rings. The third kappa shape index (κ3) is 3.37. The molecule has 0 saturated carbocycles. The second kappa shape index (κ2) is 5.73. The summed E-state index contributed by atoms with van der Waals surface area (Å²) >= 11 is 1.48. The molecule has 1 aromatic carbocycles. The first kappa shape index (κ1) is 12.7. The lowest BCUT2D eigenvalue weighted by Gasteiger charge is -2.05. The van der Waals surface area contributed by atoms with Crippen molar-refractivity contribution in [2.45, 2.75) is 13.0 Å². The van der Waals surface area contributed by atoms with E-state index in [0.717, 1.165) is 23.1 Å². The molecule has 0 radical (unpaired) electrons. The molecule has 2 nitrogen and oxygen atoms in total. The average Bonchev–Trinajstić information content (AvgIpc) is 2.83. The number of hydrogen-bond acceptors (Lipinski definition) is 2. The van der Waals surface area contributed by atoms with Gasteiger partial charge in [0.25, 0.3) is 0 Å². The molecule has 18 heavy (non-hydrogen) atoms. The zero-order valence-electron chi connectivity index (χ0n) is 9.45. The van der Waals surface area contributed by atoms with Gasteiger partial charge in [0.05, 0.1) is 6.42 Å². The van der Waals surface area contributed by atoms with Gasteiger partial charge in [0.2, 0.25) is 5.91 Å². The predicted octanol–water partition coefficient (Wildman–Crippen LogP) is 2.89. The number of hydrogen-bond donors (Lipinski definition) is 1. The highest BCUT2D eigenvalue weighted by atomic mass is 32.1. The number of benzene rings is 1. The van der Waals surface area contributed by atoms with E-state index in [4.69, 9.17) is 0 Å². The zero-order chi connectivity index (χ0) is 13.0. The number of carbonyl (C=O) groups excluding carboxylic acids is 1. The molecule has 0 aliphatic heterocycles. The van der Waals surface area contributed by atoms with Crippen molar-refractivity contribution in [2.75, 3.05) is 0 Å². The highest BCUT2D eigenvalue weighted by Crippen LogP contribution is 2.11. The molecular weight excluding hydrogens is 256 g/mol. The van der Waals surface area contributed by atoms with Gasteiger partial charge < -0.3 is 5.32 Å². The van der Waals surface area contributed by atoms with Gasteiger partial charge in [0, 0.05) is 17.0 Å². The van der Waals surface area contributed by atoms with Crippen molar-refractivity contribution in [1.82, 2.24) is 5.32 Å². The molecule has 1 aromatic heterocycles. The van der Waals surface area contributed by atoms with Crippen LogP contribution in [0, 0.1) is 11.6 Å². The van der Waals surface area contributed by atoms with Crippen LogP contribution < -0.4 is 5.32 Å². The van der Waals surface area contributed by atoms with E-state index in [1.807, 2.05) is 17.5 Å². The summed E-state index contributed by atoms with van der Waals surface area (Å²) in [5.74, 6) is -1.24. The number of halogens is 2. The SMILES string of the molecule is O=C(Cc1cccs1)NCc1cc(F)ccc1F. The molecular formula is C13H11F2NOS. The molecule has 0 bridgehead atoms. The third-order valence-electron chi connectivity index (χ3n) is 2.40. The van der Waals surface area contributed by atoms with Crippen LogP contribution in [0.4, 0.5) is 8.78 Å². The van der Waals surface area contributed by atoms with Gasteiger partial charge in [0.15, 0.2) is 0 Å². The number of carbonyl (C=O) groups is 1. The Morgan fingerprint density at radius 1 is 1.28 bits per heavy atom. The Bertz CT molecular complexity index is 540. The van der Waals surface area contributed by atoms with Crippen LogP contribution in [0.25, 0.3) is 0 Å². The van der Waals surface area contributed by atoms with E-state index in [0.29, 0.717) is 0 Å². The van der Waals surface area contributed by atoms with Crippen molar-refractivity contribution in [3.8, 4) is 0 Å². The van der Waals surface area contributed by atoms with Crippen LogP contribution in [0.3, 0.4) is 0 Å². The molecule has 2 aromatic rings. The third-order valence-corrected chi connectivity index (χ3v) is 3.28. The van der Waals surface area contributed by atoms with Crippen LogP contribution in [-0.4, -0.2) is 5.91 Å². The van der Waals surface area contributed by atoms with Gasteiger partial charge in [-0.15, -0.1) is 11.3 Å². The first-order valence-electron chi connectivity index (χ1n) is 5.38. The van der Waals surface area contributed by atoms with Gasteiger partial charge in [-0.2, -0.15) is 0 Å². The number of rotatable bonds is 4. The van der Waals surface area contributed by atoms with E-state index >= 15 is 0 Å². The number of thiophene rings is 1. The van der Waals surface area contributed by atoms with Gasteiger partial charge in [-0.3, -0.25) is 4.79 Å². The second-order valence-electron chi connectivity index (χ2n) is 3.77.